The number of nitriles is 1. The van der Waals surface area contributed by atoms with E-state index in [4.69, 9.17) is 5.26 Å². The fourth-order valence-corrected chi connectivity index (χ4v) is 1.70. The van der Waals surface area contributed by atoms with Gasteiger partial charge in [0, 0.05) is 5.92 Å². The first kappa shape index (κ1) is 7.60. The minimum absolute atomic E-state index is 0.392. The monoisotopic (exact) mass is 137 g/mol. The third-order valence-electron chi connectivity index (χ3n) is 2.22. The zero-order chi connectivity index (χ0) is 7.56. The molecule has 10 heavy (non-hydrogen) atoms. The molecule has 1 saturated carbocycles. The van der Waals surface area contributed by atoms with Gasteiger partial charge in [0.05, 0.1) is 6.07 Å². The Balaban J connectivity index is 2.10. The van der Waals surface area contributed by atoms with Crippen LogP contribution < -0.4 is 0 Å². The van der Waals surface area contributed by atoms with E-state index in [1.54, 1.807) is 0 Å². The van der Waals surface area contributed by atoms with Crippen LogP contribution in [0.4, 0.5) is 0 Å². The molecule has 0 saturated heterocycles. The van der Waals surface area contributed by atoms with Crippen molar-refractivity contribution in [1.29, 1.82) is 5.26 Å². The Morgan fingerprint density at radius 2 is 2.10 bits per heavy atom. The largest absolute Gasteiger partial charge is 0.198 e. The lowest BCUT2D eigenvalue weighted by atomic mass is 9.72. The predicted octanol–water partition coefficient (Wildman–Crippen LogP) is 2.58. The van der Waals surface area contributed by atoms with Crippen LogP contribution in [-0.4, -0.2) is 0 Å². The highest BCUT2D eigenvalue weighted by atomic mass is 14.4. The van der Waals surface area contributed by atoms with Gasteiger partial charge in [0.1, 0.15) is 0 Å². The molecule has 0 amide bonds. The van der Waals surface area contributed by atoms with Crippen molar-refractivity contribution in [2.45, 2.75) is 33.1 Å². The van der Waals surface area contributed by atoms with Gasteiger partial charge < -0.3 is 0 Å². The van der Waals surface area contributed by atoms with Crippen LogP contribution in [0.2, 0.25) is 0 Å². The van der Waals surface area contributed by atoms with Crippen molar-refractivity contribution in [1.82, 2.24) is 0 Å². The highest BCUT2D eigenvalue weighted by molar-refractivity contribution is 4.93. The van der Waals surface area contributed by atoms with Crippen LogP contribution in [0, 0.1) is 29.1 Å². The summed E-state index contributed by atoms with van der Waals surface area (Å²) >= 11 is 0. The third kappa shape index (κ3) is 1.73. The molecule has 0 heterocycles. The topological polar surface area (TPSA) is 23.8 Å². The van der Waals surface area contributed by atoms with Gasteiger partial charge in [-0.25, -0.2) is 0 Å². The second kappa shape index (κ2) is 3.05. The van der Waals surface area contributed by atoms with Gasteiger partial charge >= 0.3 is 0 Å². The highest BCUT2D eigenvalue weighted by Gasteiger charge is 2.28. The molecule has 1 rings (SSSR count). The smallest absolute Gasteiger partial charge is 0.0655 e. The molecule has 0 spiro atoms. The van der Waals surface area contributed by atoms with Crippen molar-refractivity contribution in [3.63, 3.8) is 0 Å². The van der Waals surface area contributed by atoms with E-state index in [0.29, 0.717) is 5.92 Å². The number of nitrogens with zero attached hydrogens (tertiary/aromatic N) is 1. The van der Waals surface area contributed by atoms with Crippen molar-refractivity contribution in [2.24, 2.45) is 17.8 Å². The van der Waals surface area contributed by atoms with E-state index in [0.717, 1.165) is 24.7 Å². The summed E-state index contributed by atoms with van der Waals surface area (Å²) in [6, 6.07) is 2.30. The Labute approximate surface area is 63.0 Å². The number of rotatable bonds is 2. The van der Waals surface area contributed by atoms with Gasteiger partial charge in [-0.15, -0.1) is 0 Å². The summed E-state index contributed by atoms with van der Waals surface area (Å²) in [6.07, 6.45) is 3.64. The summed E-state index contributed by atoms with van der Waals surface area (Å²) in [5.41, 5.74) is 0. The first-order valence-electron chi connectivity index (χ1n) is 4.12. The summed E-state index contributed by atoms with van der Waals surface area (Å²) in [4.78, 5) is 0. The fraction of sp³-hybridized carbons (Fsp3) is 0.889. The Bertz CT molecular complexity index is 137. The van der Waals surface area contributed by atoms with E-state index in [1.165, 1.54) is 6.42 Å². The molecule has 0 unspecified atom stereocenters. The summed E-state index contributed by atoms with van der Waals surface area (Å²) in [5, 5.41) is 8.49. The van der Waals surface area contributed by atoms with E-state index in [1.807, 2.05) is 0 Å². The Morgan fingerprint density at radius 1 is 1.50 bits per heavy atom. The molecule has 0 aliphatic heterocycles. The van der Waals surface area contributed by atoms with Crippen LogP contribution in [0.5, 0.6) is 0 Å². The minimum Gasteiger partial charge on any atom is -0.198 e. The zero-order valence-electron chi connectivity index (χ0n) is 6.80. The molecule has 0 N–H and O–H groups in total. The van der Waals surface area contributed by atoms with Gasteiger partial charge in [-0.05, 0) is 31.1 Å². The number of hydrogen-bond donors (Lipinski definition) is 0. The van der Waals surface area contributed by atoms with E-state index in [-0.39, 0.29) is 0 Å². The van der Waals surface area contributed by atoms with Crippen molar-refractivity contribution in [3.8, 4) is 6.07 Å². The van der Waals surface area contributed by atoms with E-state index in [2.05, 4.69) is 19.9 Å². The molecule has 1 fully saturated rings. The zero-order valence-corrected chi connectivity index (χ0v) is 6.80. The van der Waals surface area contributed by atoms with Gasteiger partial charge in [0.2, 0.25) is 0 Å². The van der Waals surface area contributed by atoms with Crippen molar-refractivity contribution in [2.75, 3.05) is 0 Å². The quantitative estimate of drug-likeness (QED) is 0.574. The molecule has 1 heteroatoms. The summed E-state index contributed by atoms with van der Waals surface area (Å²) in [6.45, 7) is 4.50. The Kier molecular flexibility index (Phi) is 2.32. The molecule has 1 aliphatic carbocycles. The molecule has 0 aromatic heterocycles. The average Bonchev–Trinajstić information content (AvgIpc) is 1.76. The SMILES string of the molecule is CC(C)CC1CC(C#N)C1. The fourth-order valence-electron chi connectivity index (χ4n) is 1.70. The lowest BCUT2D eigenvalue weighted by molar-refractivity contribution is 0.209. The maximum Gasteiger partial charge on any atom is 0.0655 e. The first-order valence-corrected chi connectivity index (χ1v) is 4.12. The van der Waals surface area contributed by atoms with Crippen LogP contribution in [0.1, 0.15) is 33.1 Å². The van der Waals surface area contributed by atoms with Crippen LogP contribution in [0.15, 0.2) is 0 Å². The first-order chi connectivity index (χ1) is 4.72. The van der Waals surface area contributed by atoms with Gasteiger partial charge in [-0.1, -0.05) is 13.8 Å². The standard InChI is InChI=1S/C9H15N/c1-7(2)3-8-4-9(5-8)6-10/h7-9H,3-5H2,1-2H3. The van der Waals surface area contributed by atoms with Crippen molar-refractivity contribution >= 4 is 0 Å². The van der Waals surface area contributed by atoms with Crippen LogP contribution in [0.25, 0.3) is 0 Å². The summed E-state index contributed by atoms with van der Waals surface area (Å²) < 4.78 is 0. The van der Waals surface area contributed by atoms with E-state index < -0.39 is 0 Å². The normalized spacial score (nSPS) is 31.4. The molecule has 1 aliphatic rings. The van der Waals surface area contributed by atoms with Crippen LogP contribution in [-0.2, 0) is 0 Å². The lowest BCUT2D eigenvalue weighted by Gasteiger charge is -2.31. The maximum atomic E-state index is 8.49. The van der Waals surface area contributed by atoms with Crippen molar-refractivity contribution in [3.05, 3.63) is 0 Å². The second-order valence-electron chi connectivity index (χ2n) is 3.79. The van der Waals surface area contributed by atoms with Crippen molar-refractivity contribution < 1.29 is 0 Å². The molecular weight excluding hydrogens is 122 g/mol. The molecule has 0 aromatic carbocycles. The minimum atomic E-state index is 0.392. The molecule has 56 valence electrons. The van der Waals surface area contributed by atoms with E-state index >= 15 is 0 Å². The van der Waals surface area contributed by atoms with Crippen LogP contribution in [0.3, 0.4) is 0 Å². The summed E-state index contributed by atoms with van der Waals surface area (Å²) in [5.74, 6) is 2.07. The van der Waals surface area contributed by atoms with E-state index in [9.17, 15) is 0 Å². The predicted molar refractivity (Wildman–Crippen MR) is 41.3 cm³/mol. The maximum absolute atomic E-state index is 8.49. The lowest BCUT2D eigenvalue weighted by Crippen LogP contribution is -2.23. The number of hydrogen-bond acceptors (Lipinski definition) is 1. The molecule has 0 aromatic rings. The molecule has 1 nitrogen and oxygen atoms in total. The van der Waals surface area contributed by atoms with Gasteiger partial charge in [0.25, 0.3) is 0 Å². The highest BCUT2D eigenvalue weighted by Crippen LogP contribution is 2.37. The molecule has 0 atom stereocenters. The molecule has 0 radical (unpaired) electrons. The van der Waals surface area contributed by atoms with Crippen LogP contribution >= 0.6 is 0 Å². The molecule has 0 bridgehead atoms. The third-order valence-corrected chi connectivity index (χ3v) is 2.22. The van der Waals surface area contributed by atoms with Gasteiger partial charge in [-0.2, -0.15) is 5.26 Å². The summed E-state index contributed by atoms with van der Waals surface area (Å²) in [7, 11) is 0. The second-order valence-corrected chi connectivity index (χ2v) is 3.79. The van der Waals surface area contributed by atoms with Gasteiger partial charge in [0.15, 0.2) is 0 Å². The Hall–Kier alpha value is -0.510. The van der Waals surface area contributed by atoms with Gasteiger partial charge in [-0.3, -0.25) is 0 Å². The average molecular weight is 137 g/mol. The molecular formula is C9H15N. The Morgan fingerprint density at radius 3 is 2.50 bits per heavy atom.